The lowest BCUT2D eigenvalue weighted by atomic mass is 10.0. The molecule has 0 aliphatic heterocycles. The highest BCUT2D eigenvalue weighted by molar-refractivity contribution is 7.92. The van der Waals surface area contributed by atoms with Crippen molar-refractivity contribution in [1.82, 2.24) is 10.2 Å². The van der Waals surface area contributed by atoms with Crippen molar-refractivity contribution in [3.05, 3.63) is 130 Å². The van der Waals surface area contributed by atoms with Crippen molar-refractivity contribution in [3.63, 3.8) is 0 Å². The summed E-state index contributed by atoms with van der Waals surface area (Å²) in [6.45, 7) is 7.69. The van der Waals surface area contributed by atoms with Gasteiger partial charge in [0, 0.05) is 24.5 Å². The molecule has 0 aliphatic rings. The van der Waals surface area contributed by atoms with E-state index in [0.717, 1.165) is 21.0 Å². The van der Waals surface area contributed by atoms with Crippen molar-refractivity contribution < 1.29 is 18.0 Å². The van der Waals surface area contributed by atoms with Gasteiger partial charge in [0.05, 0.1) is 10.6 Å². The van der Waals surface area contributed by atoms with Crippen LogP contribution in [0, 0.1) is 19.8 Å². The van der Waals surface area contributed by atoms with Crippen LogP contribution in [-0.4, -0.2) is 44.3 Å². The summed E-state index contributed by atoms with van der Waals surface area (Å²) in [6.07, 6.45) is 0.232. The third kappa shape index (κ3) is 8.96. The first-order valence-corrected chi connectivity index (χ1v) is 16.8. The number of aryl methyl sites for hydroxylation is 2. The Labute approximate surface area is 271 Å². The number of amides is 2. The smallest absolute Gasteiger partial charge is 0.264 e. The summed E-state index contributed by atoms with van der Waals surface area (Å²) in [5.74, 6) is -0.668. The minimum absolute atomic E-state index is 0.0113. The van der Waals surface area contributed by atoms with E-state index in [9.17, 15) is 18.0 Å². The van der Waals surface area contributed by atoms with Gasteiger partial charge in [0.1, 0.15) is 12.6 Å². The summed E-state index contributed by atoms with van der Waals surface area (Å²) in [4.78, 5) is 29.9. The van der Waals surface area contributed by atoms with E-state index in [1.54, 1.807) is 54.6 Å². The van der Waals surface area contributed by atoms with Gasteiger partial charge >= 0.3 is 0 Å². The van der Waals surface area contributed by atoms with Crippen molar-refractivity contribution in [2.24, 2.45) is 5.92 Å². The maximum absolute atomic E-state index is 14.5. The van der Waals surface area contributed by atoms with Gasteiger partial charge < -0.3 is 10.2 Å². The van der Waals surface area contributed by atoms with E-state index in [-0.39, 0.29) is 29.7 Å². The molecule has 0 saturated carbocycles. The van der Waals surface area contributed by atoms with Crippen LogP contribution in [0.1, 0.15) is 36.1 Å². The van der Waals surface area contributed by atoms with E-state index in [0.29, 0.717) is 22.8 Å². The van der Waals surface area contributed by atoms with Crippen LogP contribution in [0.5, 0.6) is 0 Å². The molecule has 4 rings (SSSR count). The molecule has 0 radical (unpaired) electrons. The number of hydrogen-bond donors (Lipinski definition) is 1. The van der Waals surface area contributed by atoms with Crippen molar-refractivity contribution in [2.45, 2.75) is 51.6 Å². The minimum Gasteiger partial charge on any atom is -0.354 e. The predicted octanol–water partition coefficient (Wildman–Crippen LogP) is 6.56. The number of anilines is 1. The van der Waals surface area contributed by atoms with Gasteiger partial charge in [0.2, 0.25) is 11.8 Å². The van der Waals surface area contributed by atoms with Crippen molar-refractivity contribution in [2.75, 3.05) is 17.4 Å². The summed E-state index contributed by atoms with van der Waals surface area (Å²) >= 11 is 6.56. The van der Waals surface area contributed by atoms with Crippen LogP contribution in [-0.2, 0) is 32.6 Å². The molecule has 9 heteroatoms. The Bertz CT molecular complexity index is 1690. The number of carbonyl (C=O) groups excluding carboxylic acids is 2. The molecule has 4 aromatic rings. The highest BCUT2D eigenvalue weighted by Gasteiger charge is 2.35. The number of nitrogens with zero attached hydrogens (tertiary/aromatic N) is 2. The van der Waals surface area contributed by atoms with Crippen LogP contribution in [0.3, 0.4) is 0 Å². The van der Waals surface area contributed by atoms with Crippen LogP contribution in [0.15, 0.2) is 108 Å². The van der Waals surface area contributed by atoms with Crippen molar-refractivity contribution >= 4 is 39.1 Å². The quantitative estimate of drug-likeness (QED) is 0.178. The highest BCUT2D eigenvalue weighted by atomic mass is 35.5. The average molecular weight is 646 g/mol. The molecule has 0 aromatic heterocycles. The molecule has 45 heavy (non-hydrogen) atoms. The van der Waals surface area contributed by atoms with Crippen LogP contribution < -0.4 is 9.62 Å². The molecule has 2 amide bonds. The maximum Gasteiger partial charge on any atom is 0.264 e. The summed E-state index contributed by atoms with van der Waals surface area (Å²) in [5, 5.41) is 3.44. The number of carbonyl (C=O) groups is 2. The Hall–Kier alpha value is -4.14. The van der Waals surface area contributed by atoms with Gasteiger partial charge in [0.15, 0.2) is 0 Å². The molecule has 0 spiro atoms. The zero-order valence-corrected chi connectivity index (χ0v) is 27.7. The number of sulfonamides is 1. The lowest BCUT2D eigenvalue weighted by molar-refractivity contribution is -0.140. The summed E-state index contributed by atoms with van der Waals surface area (Å²) < 4.78 is 29.4. The largest absolute Gasteiger partial charge is 0.354 e. The minimum atomic E-state index is -4.16. The van der Waals surface area contributed by atoms with Crippen LogP contribution in [0.25, 0.3) is 0 Å². The van der Waals surface area contributed by atoms with E-state index >= 15 is 0 Å². The lowest BCUT2D eigenvalue weighted by Gasteiger charge is -2.34. The first kappa shape index (κ1) is 33.7. The molecule has 0 heterocycles. The molecule has 0 unspecified atom stereocenters. The molecule has 1 atom stereocenters. The Kier molecular flexibility index (Phi) is 11.4. The monoisotopic (exact) mass is 645 g/mol. The summed E-state index contributed by atoms with van der Waals surface area (Å²) in [5.41, 5.74) is 3.71. The van der Waals surface area contributed by atoms with Crippen LogP contribution in [0.4, 0.5) is 5.69 Å². The molecule has 0 saturated heterocycles. The van der Waals surface area contributed by atoms with E-state index < -0.39 is 28.5 Å². The molecular formula is C36H40ClN3O4S. The fraction of sp³-hybridized carbons (Fsp3) is 0.278. The van der Waals surface area contributed by atoms with Crippen LogP contribution >= 0.6 is 11.6 Å². The highest BCUT2D eigenvalue weighted by Crippen LogP contribution is 2.26. The molecule has 0 aliphatic carbocycles. The van der Waals surface area contributed by atoms with Gasteiger partial charge in [-0.2, -0.15) is 0 Å². The zero-order valence-electron chi connectivity index (χ0n) is 26.1. The standard InChI is InChI=1S/C36H40ClN3O4S/c1-26(2)23-38-36(42)34(22-29-10-6-5-7-11-29)39(24-30-12-8-9-13-33(30)37)35(41)25-40(31-18-14-27(3)15-19-31)45(43,44)32-20-16-28(4)17-21-32/h5-21,26,34H,22-25H2,1-4H3,(H,38,42)/t34-/m1/s1. The molecule has 236 valence electrons. The first-order chi connectivity index (χ1) is 21.5. The molecule has 0 fully saturated rings. The van der Waals surface area contributed by atoms with Gasteiger partial charge in [0.25, 0.3) is 10.0 Å². The van der Waals surface area contributed by atoms with Gasteiger partial charge in [-0.15, -0.1) is 0 Å². The molecule has 1 N–H and O–H groups in total. The summed E-state index contributed by atoms with van der Waals surface area (Å²) in [6, 6.07) is 29.2. The van der Waals surface area contributed by atoms with Crippen LogP contribution in [0.2, 0.25) is 5.02 Å². The SMILES string of the molecule is Cc1ccc(N(CC(=O)N(Cc2ccccc2Cl)[C@H](Cc2ccccc2)C(=O)NCC(C)C)S(=O)(=O)c2ccc(C)cc2)cc1. The Morgan fingerprint density at radius 1 is 0.800 bits per heavy atom. The van der Waals surface area contributed by atoms with Gasteiger partial charge in [-0.1, -0.05) is 109 Å². The molecule has 0 bridgehead atoms. The second-order valence-corrected chi connectivity index (χ2v) is 13.9. The second kappa shape index (κ2) is 15.2. The van der Waals surface area contributed by atoms with Gasteiger partial charge in [-0.25, -0.2) is 8.42 Å². The van der Waals surface area contributed by atoms with Crippen molar-refractivity contribution in [3.8, 4) is 0 Å². The van der Waals surface area contributed by atoms with E-state index in [4.69, 9.17) is 11.6 Å². The van der Waals surface area contributed by atoms with E-state index in [1.165, 1.54) is 17.0 Å². The Balaban J connectivity index is 1.80. The zero-order chi connectivity index (χ0) is 32.6. The van der Waals surface area contributed by atoms with E-state index in [2.05, 4.69) is 5.32 Å². The molecule has 7 nitrogen and oxygen atoms in total. The van der Waals surface area contributed by atoms with Gasteiger partial charge in [-0.3, -0.25) is 13.9 Å². The third-order valence-electron chi connectivity index (χ3n) is 7.46. The number of hydrogen-bond acceptors (Lipinski definition) is 4. The number of nitrogens with one attached hydrogen (secondary N) is 1. The third-order valence-corrected chi connectivity index (χ3v) is 9.62. The first-order valence-electron chi connectivity index (χ1n) is 15.0. The molecule has 4 aromatic carbocycles. The Morgan fingerprint density at radius 2 is 1.38 bits per heavy atom. The van der Waals surface area contributed by atoms with Crippen molar-refractivity contribution in [1.29, 1.82) is 0 Å². The fourth-order valence-electron chi connectivity index (χ4n) is 4.86. The molecular weight excluding hydrogens is 606 g/mol. The summed E-state index contributed by atoms with van der Waals surface area (Å²) in [7, 11) is -4.16. The second-order valence-electron chi connectivity index (χ2n) is 11.6. The number of benzene rings is 4. The normalized spacial score (nSPS) is 12.0. The topological polar surface area (TPSA) is 86.8 Å². The average Bonchev–Trinajstić information content (AvgIpc) is 3.02. The predicted molar refractivity (Wildman–Crippen MR) is 181 cm³/mol. The van der Waals surface area contributed by atoms with E-state index in [1.807, 2.05) is 64.1 Å². The number of halogens is 1. The number of rotatable bonds is 13. The lowest BCUT2D eigenvalue weighted by Crippen LogP contribution is -2.53. The van der Waals surface area contributed by atoms with Gasteiger partial charge in [-0.05, 0) is 61.2 Å². The maximum atomic E-state index is 14.5. The Morgan fingerprint density at radius 3 is 1.98 bits per heavy atom. The fourth-order valence-corrected chi connectivity index (χ4v) is 6.47.